The highest BCUT2D eigenvalue weighted by Crippen LogP contribution is 2.16. The third-order valence-electron chi connectivity index (χ3n) is 4.83. The lowest BCUT2D eigenvalue weighted by Gasteiger charge is -2.32. The monoisotopic (exact) mass is 415 g/mol. The molecule has 1 heterocycles. The smallest absolute Gasteiger partial charge is 0.253 e. The van der Waals surface area contributed by atoms with Crippen LogP contribution in [0.3, 0.4) is 0 Å². The van der Waals surface area contributed by atoms with Gasteiger partial charge >= 0.3 is 0 Å². The number of nitrogens with one attached hydrogen (secondary N) is 2. The number of sulfonamides is 1. The van der Waals surface area contributed by atoms with E-state index >= 15 is 0 Å². The zero-order valence-corrected chi connectivity index (χ0v) is 17.3. The Morgan fingerprint density at radius 1 is 1.00 bits per heavy atom. The minimum absolute atomic E-state index is 0.00196. The molecule has 0 spiro atoms. The second kappa shape index (κ2) is 8.65. The number of likely N-dealkylation sites (tertiary alicyclic amines) is 1. The zero-order valence-electron chi connectivity index (χ0n) is 16.5. The second-order valence-corrected chi connectivity index (χ2v) is 9.11. The summed E-state index contributed by atoms with van der Waals surface area (Å²) in [5.74, 6) is -0.188. The zero-order chi connectivity index (χ0) is 21.0. The van der Waals surface area contributed by atoms with E-state index in [1.54, 1.807) is 24.3 Å². The Morgan fingerprint density at radius 3 is 2.24 bits per heavy atom. The predicted molar refractivity (Wildman–Crippen MR) is 112 cm³/mol. The van der Waals surface area contributed by atoms with Crippen LogP contribution in [0.2, 0.25) is 0 Å². The van der Waals surface area contributed by atoms with Crippen molar-refractivity contribution in [2.24, 2.45) is 0 Å². The molecule has 1 aliphatic heterocycles. The predicted octanol–water partition coefficient (Wildman–Crippen LogP) is 2.40. The fraction of sp³-hybridized carbons (Fsp3) is 0.333. The Bertz CT molecular complexity index is 995. The Labute approximate surface area is 171 Å². The van der Waals surface area contributed by atoms with Crippen LogP contribution in [0.1, 0.15) is 39.1 Å². The summed E-state index contributed by atoms with van der Waals surface area (Å²) in [5.41, 5.74) is 2.61. The van der Waals surface area contributed by atoms with Gasteiger partial charge in [0.05, 0.1) is 6.26 Å². The average molecular weight is 416 g/mol. The average Bonchev–Trinajstić information content (AvgIpc) is 2.67. The molecule has 0 unspecified atom stereocenters. The van der Waals surface area contributed by atoms with Crippen molar-refractivity contribution in [1.29, 1.82) is 0 Å². The van der Waals surface area contributed by atoms with Crippen molar-refractivity contribution in [1.82, 2.24) is 10.2 Å². The highest BCUT2D eigenvalue weighted by molar-refractivity contribution is 7.92. The summed E-state index contributed by atoms with van der Waals surface area (Å²) in [6.07, 6.45) is 2.46. The van der Waals surface area contributed by atoms with Gasteiger partial charge in [0.2, 0.25) is 10.0 Å². The Balaban J connectivity index is 1.52. The van der Waals surface area contributed by atoms with Crippen molar-refractivity contribution >= 4 is 27.5 Å². The summed E-state index contributed by atoms with van der Waals surface area (Å²) in [7, 11) is -3.35. The molecule has 2 amide bonds. The topological polar surface area (TPSA) is 95.6 Å². The summed E-state index contributed by atoms with van der Waals surface area (Å²) in [5, 5.41) is 3.00. The van der Waals surface area contributed by atoms with Crippen LogP contribution >= 0.6 is 0 Å². The molecule has 2 aromatic rings. The second-order valence-electron chi connectivity index (χ2n) is 7.36. The van der Waals surface area contributed by atoms with Crippen molar-refractivity contribution in [3.63, 3.8) is 0 Å². The lowest BCUT2D eigenvalue weighted by Crippen LogP contribution is -2.46. The standard InChI is InChI=1S/C21H25N3O4S/c1-15-4-3-5-17(14-15)21(26)24-12-10-18(11-13-24)22-20(25)16-6-8-19(9-7-16)23-29(2,27)28/h3-9,14,18,23H,10-13H2,1-2H3,(H,22,25). The first-order valence-corrected chi connectivity index (χ1v) is 11.3. The lowest BCUT2D eigenvalue weighted by molar-refractivity contribution is 0.0698. The van der Waals surface area contributed by atoms with Crippen molar-refractivity contribution in [2.45, 2.75) is 25.8 Å². The van der Waals surface area contributed by atoms with Crippen molar-refractivity contribution in [2.75, 3.05) is 24.1 Å². The molecule has 3 rings (SSSR count). The minimum atomic E-state index is -3.35. The number of rotatable bonds is 5. The van der Waals surface area contributed by atoms with E-state index in [9.17, 15) is 18.0 Å². The number of carbonyl (C=O) groups excluding carboxylic acids is 2. The molecule has 29 heavy (non-hydrogen) atoms. The van der Waals surface area contributed by atoms with Crippen LogP contribution in [-0.4, -0.2) is 50.5 Å². The molecule has 154 valence electrons. The molecule has 0 atom stereocenters. The molecule has 0 bridgehead atoms. The third-order valence-corrected chi connectivity index (χ3v) is 5.44. The van der Waals surface area contributed by atoms with Gasteiger partial charge in [-0.2, -0.15) is 0 Å². The van der Waals surface area contributed by atoms with Gasteiger partial charge in [-0.3, -0.25) is 14.3 Å². The maximum absolute atomic E-state index is 12.6. The number of hydrogen-bond acceptors (Lipinski definition) is 4. The highest BCUT2D eigenvalue weighted by atomic mass is 32.2. The van der Waals surface area contributed by atoms with Gasteiger partial charge < -0.3 is 10.2 Å². The van der Waals surface area contributed by atoms with Crippen LogP contribution in [0.15, 0.2) is 48.5 Å². The number of aryl methyl sites for hydroxylation is 1. The van der Waals surface area contributed by atoms with Crippen LogP contribution in [-0.2, 0) is 10.0 Å². The molecular formula is C21H25N3O4S. The fourth-order valence-corrected chi connectivity index (χ4v) is 3.92. The SMILES string of the molecule is Cc1cccc(C(=O)N2CCC(NC(=O)c3ccc(NS(C)(=O)=O)cc3)CC2)c1. The molecule has 1 saturated heterocycles. The molecule has 0 saturated carbocycles. The van der Waals surface area contributed by atoms with Gasteiger partial charge in [-0.05, 0) is 56.2 Å². The number of anilines is 1. The molecule has 0 radical (unpaired) electrons. The van der Waals surface area contributed by atoms with Gasteiger partial charge in [-0.25, -0.2) is 8.42 Å². The third kappa shape index (κ3) is 5.80. The summed E-state index contributed by atoms with van der Waals surface area (Å²) < 4.78 is 24.9. The summed E-state index contributed by atoms with van der Waals surface area (Å²) in [6.45, 7) is 3.15. The Hall–Kier alpha value is -2.87. The van der Waals surface area contributed by atoms with Crippen molar-refractivity contribution in [3.05, 3.63) is 65.2 Å². The number of carbonyl (C=O) groups is 2. The van der Waals surface area contributed by atoms with Crippen LogP contribution in [0.5, 0.6) is 0 Å². The first-order chi connectivity index (χ1) is 13.7. The summed E-state index contributed by atoms with van der Waals surface area (Å²) in [6, 6.07) is 13.8. The van der Waals surface area contributed by atoms with Crippen LogP contribution < -0.4 is 10.0 Å². The van der Waals surface area contributed by atoms with Gasteiger partial charge in [-0.1, -0.05) is 17.7 Å². The van der Waals surface area contributed by atoms with Crippen LogP contribution in [0.4, 0.5) is 5.69 Å². The Morgan fingerprint density at radius 2 is 1.66 bits per heavy atom. The van der Waals surface area contributed by atoms with E-state index in [0.717, 1.165) is 11.8 Å². The minimum Gasteiger partial charge on any atom is -0.349 e. The molecule has 2 aromatic carbocycles. The number of amides is 2. The number of nitrogens with zero attached hydrogens (tertiary/aromatic N) is 1. The summed E-state index contributed by atoms with van der Waals surface area (Å²) >= 11 is 0. The van der Waals surface area contributed by atoms with E-state index in [2.05, 4.69) is 10.0 Å². The van der Waals surface area contributed by atoms with Gasteiger partial charge in [0.1, 0.15) is 0 Å². The van der Waals surface area contributed by atoms with Crippen LogP contribution in [0.25, 0.3) is 0 Å². The van der Waals surface area contributed by atoms with Gasteiger partial charge in [0.15, 0.2) is 0 Å². The number of benzene rings is 2. The molecule has 0 aliphatic carbocycles. The molecule has 1 fully saturated rings. The largest absolute Gasteiger partial charge is 0.349 e. The van der Waals surface area contributed by atoms with Gasteiger partial charge in [0, 0.05) is 35.9 Å². The molecule has 7 nitrogen and oxygen atoms in total. The molecule has 0 aromatic heterocycles. The molecule has 2 N–H and O–H groups in total. The van der Waals surface area contributed by atoms with Crippen LogP contribution in [0, 0.1) is 6.92 Å². The molecular weight excluding hydrogens is 390 g/mol. The number of hydrogen-bond donors (Lipinski definition) is 2. The first kappa shape index (κ1) is 20.9. The Kier molecular flexibility index (Phi) is 6.22. The molecule has 1 aliphatic rings. The van der Waals surface area contributed by atoms with Crippen molar-refractivity contribution < 1.29 is 18.0 Å². The highest BCUT2D eigenvalue weighted by Gasteiger charge is 2.25. The van der Waals surface area contributed by atoms with Crippen molar-refractivity contribution in [3.8, 4) is 0 Å². The quantitative estimate of drug-likeness (QED) is 0.784. The molecule has 8 heteroatoms. The normalized spacial score (nSPS) is 15.0. The van der Waals surface area contributed by atoms with Gasteiger partial charge in [0.25, 0.3) is 11.8 Å². The van der Waals surface area contributed by atoms with E-state index in [-0.39, 0.29) is 17.9 Å². The fourth-order valence-electron chi connectivity index (χ4n) is 3.36. The maximum Gasteiger partial charge on any atom is 0.253 e. The van der Waals surface area contributed by atoms with E-state index in [0.29, 0.717) is 42.7 Å². The van der Waals surface area contributed by atoms with Gasteiger partial charge in [-0.15, -0.1) is 0 Å². The summed E-state index contributed by atoms with van der Waals surface area (Å²) in [4.78, 5) is 26.9. The number of piperidine rings is 1. The van der Waals surface area contributed by atoms with E-state index in [1.807, 2.05) is 36.1 Å². The van der Waals surface area contributed by atoms with E-state index < -0.39 is 10.0 Å². The lowest BCUT2D eigenvalue weighted by atomic mass is 10.0. The van der Waals surface area contributed by atoms with E-state index in [4.69, 9.17) is 0 Å². The maximum atomic E-state index is 12.6. The van der Waals surface area contributed by atoms with E-state index in [1.165, 1.54) is 0 Å². The first-order valence-electron chi connectivity index (χ1n) is 9.46.